The zero-order chi connectivity index (χ0) is 18.2. The second-order valence-corrected chi connectivity index (χ2v) is 7.70. The average Bonchev–Trinajstić information content (AvgIpc) is 3.08. The number of aliphatic imine (C=N–C) groups is 1. The van der Waals surface area contributed by atoms with E-state index < -0.39 is 0 Å². The third-order valence-electron chi connectivity index (χ3n) is 5.78. The predicted octanol–water partition coefficient (Wildman–Crippen LogP) is 2.91. The Hall–Kier alpha value is -1.98. The highest BCUT2D eigenvalue weighted by molar-refractivity contribution is 5.86. The van der Waals surface area contributed by atoms with E-state index in [1.54, 1.807) is 13.3 Å². The molecule has 6 heteroatoms. The van der Waals surface area contributed by atoms with Gasteiger partial charge in [-0.25, -0.2) is 0 Å². The molecule has 0 bridgehead atoms. The summed E-state index contributed by atoms with van der Waals surface area (Å²) in [4.78, 5) is 18.9. The second-order valence-electron chi connectivity index (χ2n) is 7.70. The number of amides is 1. The van der Waals surface area contributed by atoms with Crippen LogP contribution in [-0.4, -0.2) is 43.4 Å². The number of rotatable bonds is 4. The Labute approximate surface area is 156 Å². The van der Waals surface area contributed by atoms with Crippen molar-refractivity contribution >= 4 is 11.9 Å². The highest BCUT2D eigenvalue weighted by Gasteiger charge is 2.36. The van der Waals surface area contributed by atoms with E-state index in [1.807, 2.05) is 12.1 Å². The molecule has 144 valence electrons. The van der Waals surface area contributed by atoms with Crippen molar-refractivity contribution in [1.82, 2.24) is 15.5 Å². The van der Waals surface area contributed by atoms with Gasteiger partial charge in [-0.2, -0.15) is 0 Å². The Kier molecular flexibility index (Phi) is 6.58. The van der Waals surface area contributed by atoms with Crippen LogP contribution < -0.4 is 10.6 Å². The molecule has 1 amide bonds. The third kappa shape index (κ3) is 5.02. The van der Waals surface area contributed by atoms with Crippen LogP contribution in [0.4, 0.5) is 0 Å². The van der Waals surface area contributed by atoms with Crippen molar-refractivity contribution in [3.8, 4) is 0 Å². The molecule has 1 spiro atoms. The largest absolute Gasteiger partial charge is 0.467 e. The van der Waals surface area contributed by atoms with Crippen LogP contribution in [0.15, 0.2) is 27.8 Å². The van der Waals surface area contributed by atoms with Gasteiger partial charge in [-0.15, -0.1) is 0 Å². The number of carbonyl (C=O) groups excluding carboxylic acids is 1. The SMILES string of the molecule is CN=C(NCC(=O)NCc1ccco1)N1CCCC2(CCCCCC2)C1. The van der Waals surface area contributed by atoms with Crippen molar-refractivity contribution in [1.29, 1.82) is 0 Å². The van der Waals surface area contributed by atoms with Crippen LogP contribution >= 0.6 is 0 Å². The summed E-state index contributed by atoms with van der Waals surface area (Å²) in [5.41, 5.74) is 0.452. The molecule has 1 aliphatic heterocycles. The highest BCUT2D eigenvalue weighted by Crippen LogP contribution is 2.42. The summed E-state index contributed by atoms with van der Waals surface area (Å²) in [6.45, 7) is 2.74. The fourth-order valence-corrected chi connectivity index (χ4v) is 4.43. The quantitative estimate of drug-likeness (QED) is 0.640. The highest BCUT2D eigenvalue weighted by atomic mass is 16.3. The summed E-state index contributed by atoms with van der Waals surface area (Å²) in [5.74, 6) is 1.55. The third-order valence-corrected chi connectivity index (χ3v) is 5.78. The molecule has 0 radical (unpaired) electrons. The van der Waals surface area contributed by atoms with Crippen molar-refractivity contribution in [2.45, 2.75) is 57.9 Å². The average molecular weight is 361 g/mol. The van der Waals surface area contributed by atoms with E-state index in [1.165, 1.54) is 51.4 Å². The first-order valence-corrected chi connectivity index (χ1v) is 9.95. The van der Waals surface area contributed by atoms with Crippen LogP contribution in [0.5, 0.6) is 0 Å². The minimum atomic E-state index is -0.0521. The van der Waals surface area contributed by atoms with Gasteiger partial charge in [0.15, 0.2) is 5.96 Å². The van der Waals surface area contributed by atoms with E-state index in [0.29, 0.717) is 12.0 Å². The van der Waals surface area contributed by atoms with Crippen molar-refractivity contribution in [2.75, 3.05) is 26.7 Å². The molecule has 3 rings (SSSR count). The number of hydrogen-bond donors (Lipinski definition) is 2. The summed E-state index contributed by atoms with van der Waals surface area (Å²) in [5, 5.41) is 6.10. The van der Waals surface area contributed by atoms with Crippen LogP contribution in [0.25, 0.3) is 0 Å². The molecule has 2 N–H and O–H groups in total. The zero-order valence-electron chi connectivity index (χ0n) is 15.9. The summed E-state index contributed by atoms with van der Waals surface area (Å²) in [7, 11) is 1.80. The van der Waals surface area contributed by atoms with Gasteiger partial charge in [0.1, 0.15) is 5.76 Å². The first-order valence-electron chi connectivity index (χ1n) is 9.95. The monoisotopic (exact) mass is 360 g/mol. The number of furan rings is 1. The summed E-state index contributed by atoms with van der Waals surface area (Å²) >= 11 is 0. The Morgan fingerprint density at radius 1 is 1.19 bits per heavy atom. The summed E-state index contributed by atoms with van der Waals surface area (Å²) in [6, 6.07) is 3.67. The lowest BCUT2D eigenvalue weighted by molar-refractivity contribution is -0.120. The van der Waals surface area contributed by atoms with Gasteiger partial charge < -0.3 is 20.0 Å². The van der Waals surface area contributed by atoms with Crippen LogP contribution in [0.3, 0.4) is 0 Å². The van der Waals surface area contributed by atoms with Crippen molar-refractivity contribution in [3.63, 3.8) is 0 Å². The number of nitrogens with zero attached hydrogens (tertiary/aromatic N) is 2. The molecule has 1 aromatic heterocycles. The Morgan fingerprint density at radius 3 is 2.65 bits per heavy atom. The molecule has 1 aliphatic carbocycles. The standard InChI is InChI=1S/C20H32N4O2/c1-21-19(23-15-18(25)22-14-17-8-6-13-26-17)24-12-7-11-20(16-24)9-4-2-3-5-10-20/h6,8,13H,2-5,7,9-12,14-16H2,1H3,(H,21,23)(H,22,25). The minimum absolute atomic E-state index is 0.0521. The van der Waals surface area contributed by atoms with Gasteiger partial charge in [-0.1, -0.05) is 25.7 Å². The van der Waals surface area contributed by atoms with E-state index in [-0.39, 0.29) is 12.5 Å². The van der Waals surface area contributed by atoms with Gasteiger partial charge in [-0.3, -0.25) is 9.79 Å². The number of likely N-dealkylation sites (tertiary alicyclic amines) is 1. The van der Waals surface area contributed by atoms with Crippen molar-refractivity contribution in [3.05, 3.63) is 24.2 Å². The molecule has 0 atom stereocenters. The maximum absolute atomic E-state index is 12.1. The van der Waals surface area contributed by atoms with E-state index in [9.17, 15) is 4.79 Å². The Morgan fingerprint density at radius 2 is 1.96 bits per heavy atom. The molecule has 1 saturated carbocycles. The number of carbonyl (C=O) groups is 1. The molecule has 26 heavy (non-hydrogen) atoms. The first-order chi connectivity index (χ1) is 12.7. The molecule has 6 nitrogen and oxygen atoms in total. The van der Waals surface area contributed by atoms with Gasteiger partial charge in [0, 0.05) is 20.1 Å². The molecular weight excluding hydrogens is 328 g/mol. The molecule has 1 aromatic rings. The number of guanidine groups is 1. The molecule has 2 fully saturated rings. The first kappa shape index (κ1) is 18.8. The molecule has 0 unspecified atom stereocenters. The summed E-state index contributed by atoms with van der Waals surface area (Å²) in [6.07, 6.45) is 12.3. The van der Waals surface area contributed by atoms with Crippen molar-refractivity contribution < 1.29 is 9.21 Å². The molecule has 2 aliphatic rings. The van der Waals surface area contributed by atoms with E-state index in [2.05, 4.69) is 20.5 Å². The van der Waals surface area contributed by atoms with Crippen LogP contribution in [0, 0.1) is 5.41 Å². The fourth-order valence-electron chi connectivity index (χ4n) is 4.43. The molecule has 0 aromatic carbocycles. The molecular formula is C20H32N4O2. The topological polar surface area (TPSA) is 69.9 Å². The maximum atomic E-state index is 12.1. The maximum Gasteiger partial charge on any atom is 0.239 e. The van der Waals surface area contributed by atoms with Gasteiger partial charge in [0.05, 0.1) is 19.4 Å². The van der Waals surface area contributed by atoms with Gasteiger partial charge >= 0.3 is 0 Å². The second kappa shape index (κ2) is 9.10. The van der Waals surface area contributed by atoms with E-state index >= 15 is 0 Å². The molecule has 1 saturated heterocycles. The van der Waals surface area contributed by atoms with Gasteiger partial charge in [0.2, 0.25) is 5.91 Å². The fraction of sp³-hybridized carbons (Fsp3) is 0.700. The van der Waals surface area contributed by atoms with E-state index in [4.69, 9.17) is 4.42 Å². The lowest BCUT2D eigenvalue weighted by Crippen LogP contribution is -2.52. The molecule has 2 heterocycles. The number of piperidine rings is 1. The van der Waals surface area contributed by atoms with Crippen molar-refractivity contribution in [2.24, 2.45) is 10.4 Å². The lowest BCUT2D eigenvalue weighted by Gasteiger charge is -2.44. The number of nitrogens with one attached hydrogen (secondary N) is 2. The van der Waals surface area contributed by atoms with Gasteiger partial charge in [-0.05, 0) is 43.2 Å². The van der Waals surface area contributed by atoms with Crippen LogP contribution in [0.2, 0.25) is 0 Å². The normalized spacial score (nSPS) is 20.7. The Bertz CT molecular complexity index is 589. The van der Waals surface area contributed by atoms with E-state index in [0.717, 1.165) is 24.8 Å². The smallest absolute Gasteiger partial charge is 0.239 e. The minimum Gasteiger partial charge on any atom is -0.467 e. The number of hydrogen-bond acceptors (Lipinski definition) is 3. The van der Waals surface area contributed by atoms with Crippen LogP contribution in [-0.2, 0) is 11.3 Å². The van der Waals surface area contributed by atoms with Crippen LogP contribution in [0.1, 0.15) is 57.1 Å². The predicted molar refractivity (Wildman–Crippen MR) is 103 cm³/mol. The lowest BCUT2D eigenvalue weighted by atomic mass is 9.74. The Balaban J connectivity index is 1.49. The van der Waals surface area contributed by atoms with Gasteiger partial charge in [0.25, 0.3) is 0 Å². The summed E-state index contributed by atoms with van der Waals surface area (Å²) < 4.78 is 5.23. The zero-order valence-corrected chi connectivity index (χ0v) is 15.9.